The highest BCUT2D eigenvalue weighted by molar-refractivity contribution is 5.78. The molecule has 128 valence electrons. The summed E-state index contributed by atoms with van der Waals surface area (Å²) in [5.74, 6) is -0.310. The molecular weight excluding hydrogens is 297 g/mol. The van der Waals surface area contributed by atoms with Gasteiger partial charge in [0.15, 0.2) is 0 Å². The molecule has 1 aromatic carbocycles. The number of carbonyl (C=O) groups is 1. The van der Waals surface area contributed by atoms with Gasteiger partial charge in [0.25, 0.3) is 0 Å². The first-order valence-corrected chi connectivity index (χ1v) is 7.99. The van der Waals surface area contributed by atoms with Crippen LogP contribution in [0.2, 0.25) is 0 Å². The van der Waals surface area contributed by atoms with Gasteiger partial charge in [0.2, 0.25) is 5.91 Å². The fourth-order valence-corrected chi connectivity index (χ4v) is 3.00. The van der Waals surface area contributed by atoms with Crippen molar-refractivity contribution in [1.29, 1.82) is 0 Å². The smallest absolute Gasteiger partial charge is 0.236 e. The van der Waals surface area contributed by atoms with Crippen molar-refractivity contribution >= 4 is 5.91 Å². The summed E-state index contributed by atoms with van der Waals surface area (Å²) in [5.41, 5.74) is 6.36. The number of likely N-dealkylation sites (tertiary alicyclic amines) is 1. The van der Waals surface area contributed by atoms with Crippen LogP contribution in [0.1, 0.15) is 18.4 Å². The standard InChI is InChI=1S/C17H26FN3O2/c1-20(11-13-5-3-4-6-16(13)18)17(22)12-21-8-7-15(23-2)9-14(21)10-19/h3-6,14-15H,7-12,19H2,1-2H3. The molecule has 1 aliphatic heterocycles. The molecule has 5 nitrogen and oxygen atoms in total. The number of hydrogen-bond donors (Lipinski definition) is 1. The van der Waals surface area contributed by atoms with Crippen LogP contribution in [0.3, 0.4) is 0 Å². The number of ether oxygens (including phenoxy) is 1. The molecule has 1 aliphatic rings. The van der Waals surface area contributed by atoms with Gasteiger partial charge in [-0.25, -0.2) is 4.39 Å². The highest BCUT2D eigenvalue weighted by Crippen LogP contribution is 2.19. The van der Waals surface area contributed by atoms with E-state index in [1.54, 1.807) is 37.3 Å². The number of rotatable bonds is 6. The molecule has 0 spiro atoms. The number of hydrogen-bond acceptors (Lipinski definition) is 4. The minimum atomic E-state index is -0.284. The summed E-state index contributed by atoms with van der Waals surface area (Å²) in [6.45, 7) is 1.88. The minimum Gasteiger partial charge on any atom is -0.381 e. The van der Waals surface area contributed by atoms with Gasteiger partial charge in [-0.2, -0.15) is 0 Å². The van der Waals surface area contributed by atoms with Crippen LogP contribution in [0.5, 0.6) is 0 Å². The van der Waals surface area contributed by atoms with Crippen LogP contribution in [-0.2, 0) is 16.1 Å². The summed E-state index contributed by atoms with van der Waals surface area (Å²) in [4.78, 5) is 16.1. The number of carbonyl (C=O) groups excluding carboxylic acids is 1. The van der Waals surface area contributed by atoms with Crippen LogP contribution in [-0.4, -0.2) is 61.6 Å². The Morgan fingerprint density at radius 3 is 2.87 bits per heavy atom. The summed E-state index contributed by atoms with van der Waals surface area (Å²) in [6, 6.07) is 6.68. The van der Waals surface area contributed by atoms with Crippen molar-refractivity contribution in [2.75, 3.05) is 33.8 Å². The Labute approximate surface area is 137 Å². The maximum atomic E-state index is 13.7. The molecule has 0 aliphatic carbocycles. The molecule has 1 saturated heterocycles. The van der Waals surface area contributed by atoms with Crippen LogP contribution in [0, 0.1) is 5.82 Å². The average molecular weight is 323 g/mol. The second-order valence-corrected chi connectivity index (χ2v) is 6.08. The predicted molar refractivity (Wildman–Crippen MR) is 87.3 cm³/mol. The largest absolute Gasteiger partial charge is 0.381 e. The third-order valence-electron chi connectivity index (χ3n) is 4.52. The molecule has 0 radical (unpaired) electrons. The lowest BCUT2D eigenvalue weighted by molar-refractivity contribution is -0.133. The van der Waals surface area contributed by atoms with Crippen LogP contribution in [0.4, 0.5) is 4.39 Å². The molecular formula is C17H26FN3O2. The van der Waals surface area contributed by atoms with Crippen molar-refractivity contribution in [3.8, 4) is 0 Å². The average Bonchev–Trinajstić information content (AvgIpc) is 2.57. The van der Waals surface area contributed by atoms with Gasteiger partial charge < -0.3 is 15.4 Å². The van der Waals surface area contributed by atoms with Crippen molar-refractivity contribution in [1.82, 2.24) is 9.80 Å². The summed E-state index contributed by atoms with van der Waals surface area (Å²) in [7, 11) is 3.41. The number of benzene rings is 1. The maximum absolute atomic E-state index is 13.7. The van der Waals surface area contributed by atoms with Crippen LogP contribution < -0.4 is 5.73 Å². The van der Waals surface area contributed by atoms with E-state index in [0.29, 0.717) is 18.7 Å². The SMILES string of the molecule is COC1CCN(CC(=O)N(C)Cc2ccccc2F)C(CN)C1. The van der Waals surface area contributed by atoms with E-state index < -0.39 is 0 Å². The molecule has 2 N–H and O–H groups in total. The first-order valence-electron chi connectivity index (χ1n) is 7.99. The van der Waals surface area contributed by atoms with Crippen molar-refractivity contribution < 1.29 is 13.9 Å². The minimum absolute atomic E-state index is 0.0254. The third-order valence-corrected chi connectivity index (χ3v) is 4.52. The molecule has 1 amide bonds. The van der Waals surface area contributed by atoms with E-state index in [1.807, 2.05) is 0 Å². The highest BCUT2D eigenvalue weighted by atomic mass is 19.1. The van der Waals surface area contributed by atoms with E-state index in [-0.39, 0.29) is 30.4 Å². The number of halogens is 1. The Morgan fingerprint density at radius 1 is 1.48 bits per heavy atom. The zero-order valence-electron chi connectivity index (χ0n) is 13.9. The second-order valence-electron chi connectivity index (χ2n) is 6.08. The zero-order chi connectivity index (χ0) is 16.8. The van der Waals surface area contributed by atoms with Crippen molar-refractivity contribution in [2.24, 2.45) is 5.73 Å². The number of amides is 1. The Bertz CT molecular complexity index is 526. The van der Waals surface area contributed by atoms with Gasteiger partial charge in [0, 0.05) is 45.4 Å². The summed E-state index contributed by atoms with van der Waals surface area (Å²) in [6.07, 6.45) is 1.96. The van der Waals surface area contributed by atoms with Crippen LogP contribution >= 0.6 is 0 Å². The second kappa shape index (κ2) is 8.38. The number of methoxy groups -OCH3 is 1. The Hall–Kier alpha value is -1.50. The number of nitrogens with zero attached hydrogens (tertiary/aromatic N) is 2. The van der Waals surface area contributed by atoms with Crippen LogP contribution in [0.25, 0.3) is 0 Å². The molecule has 2 unspecified atom stereocenters. The van der Waals surface area contributed by atoms with Crippen molar-refractivity contribution in [3.05, 3.63) is 35.6 Å². The summed E-state index contributed by atoms with van der Waals surface area (Å²) in [5, 5.41) is 0. The monoisotopic (exact) mass is 323 g/mol. The zero-order valence-corrected chi connectivity index (χ0v) is 13.9. The van der Waals surface area contributed by atoms with Gasteiger partial charge in [0.05, 0.1) is 12.6 Å². The first-order chi connectivity index (χ1) is 11.0. The lowest BCUT2D eigenvalue weighted by atomic mass is 9.99. The van der Waals surface area contributed by atoms with Crippen LogP contribution in [0.15, 0.2) is 24.3 Å². The van der Waals surface area contributed by atoms with E-state index >= 15 is 0 Å². The molecule has 2 atom stereocenters. The molecule has 1 heterocycles. The maximum Gasteiger partial charge on any atom is 0.236 e. The van der Waals surface area contributed by atoms with E-state index in [2.05, 4.69) is 4.90 Å². The molecule has 1 aromatic rings. The normalized spacial score (nSPS) is 22.1. The lowest BCUT2D eigenvalue weighted by Crippen LogP contribution is -2.51. The Balaban J connectivity index is 1.91. The topological polar surface area (TPSA) is 58.8 Å². The van der Waals surface area contributed by atoms with Gasteiger partial charge in [-0.1, -0.05) is 18.2 Å². The Kier molecular flexibility index (Phi) is 6.50. The molecule has 6 heteroatoms. The number of likely N-dealkylation sites (N-methyl/N-ethyl adjacent to an activating group) is 1. The first kappa shape index (κ1) is 17.8. The highest BCUT2D eigenvalue weighted by Gasteiger charge is 2.29. The summed E-state index contributed by atoms with van der Waals surface area (Å²) < 4.78 is 19.1. The van der Waals surface area contributed by atoms with Gasteiger partial charge in [0.1, 0.15) is 5.82 Å². The van der Waals surface area contributed by atoms with Gasteiger partial charge in [-0.05, 0) is 18.9 Å². The molecule has 2 rings (SSSR count). The van der Waals surface area contributed by atoms with E-state index in [4.69, 9.17) is 10.5 Å². The van der Waals surface area contributed by atoms with Crippen molar-refractivity contribution in [3.63, 3.8) is 0 Å². The van der Waals surface area contributed by atoms with E-state index in [9.17, 15) is 9.18 Å². The third kappa shape index (κ3) is 4.73. The predicted octanol–water partition coefficient (Wildman–Crippen LogP) is 1.22. The quantitative estimate of drug-likeness (QED) is 0.855. The number of piperidine rings is 1. The molecule has 0 bridgehead atoms. The van der Waals surface area contributed by atoms with Gasteiger partial charge >= 0.3 is 0 Å². The van der Waals surface area contributed by atoms with E-state index in [1.165, 1.54) is 6.07 Å². The molecule has 0 aromatic heterocycles. The molecule has 0 saturated carbocycles. The van der Waals surface area contributed by atoms with E-state index in [0.717, 1.165) is 19.4 Å². The molecule has 23 heavy (non-hydrogen) atoms. The number of nitrogens with two attached hydrogens (primary N) is 1. The van der Waals surface area contributed by atoms with Gasteiger partial charge in [-0.15, -0.1) is 0 Å². The summed E-state index contributed by atoms with van der Waals surface area (Å²) >= 11 is 0. The fraction of sp³-hybridized carbons (Fsp3) is 0.588. The lowest BCUT2D eigenvalue weighted by Gasteiger charge is -2.38. The Morgan fingerprint density at radius 2 is 2.22 bits per heavy atom. The van der Waals surface area contributed by atoms with Crippen molar-refractivity contribution in [2.45, 2.75) is 31.5 Å². The van der Waals surface area contributed by atoms with Gasteiger partial charge in [-0.3, -0.25) is 9.69 Å². The molecule has 1 fully saturated rings. The fourth-order valence-electron chi connectivity index (χ4n) is 3.00.